The molecule has 0 amide bonds. The van der Waals surface area contributed by atoms with E-state index in [-0.39, 0.29) is 12.4 Å². The molecule has 1 aliphatic rings. The van der Waals surface area contributed by atoms with E-state index in [1.54, 1.807) is 11.8 Å². The molecule has 0 bridgehead atoms. The van der Waals surface area contributed by atoms with Crippen LogP contribution < -0.4 is 10.1 Å². The molecule has 0 unspecified atom stereocenters. The van der Waals surface area contributed by atoms with E-state index in [0.29, 0.717) is 6.61 Å². The predicted molar refractivity (Wildman–Crippen MR) is 91.6 cm³/mol. The summed E-state index contributed by atoms with van der Waals surface area (Å²) in [5.41, 5.74) is 2.32. The monoisotopic (exact) mass is 322 g/mol. The highest BCUT2D eigenvalue weighted by atomic mass is 35.5. The molecule has 1 heterocycles. The fourth-order valence-corrected chi connectivity index (χ4v) is 3.07. The molecule has 1 N–H and O–H groups in total. The van der Waals surface area contributed by atoms with Crippen molar-refractivity contribution in [2.45, 2.75) is 9.79 Å². The van der Waals surface area contributed by atoms with Crippen molar-refractivity contribution in [3.8, 4) is 5.75 Å². The zero-order chi connectivity index (χ0) is 13.9. The SMILES string of the molecule is CN(C)CCOc1ccc2c(c1)Sc1ccccc1N2.Cl. The molecule has 5 heteroatoms. The predicted octanol–water partition coefficient (Wildman–Crippen LogP) is 4.26. The highest BCUT2D eigenvalue weighted by Crippen LogP contribution is 2.45. The third-order valence-corrected chi connectivity index (χ3v) is 4.27. The first-order chi connectivity index (χ1) is 9.72. The first-order valence-electron chi connectivity index (χ1n) is 6.68. The second-order valence-corrected chi connectivity index (χ2v) is 6.12. The minimum atomic E-state index is 0. The van der Waals surface area contributed by atoms with Crippen molar-refractivity contribution in [3.63, 3.8) is 0 Å². The van der Waals surface area contributed by atoms with E-state index < -0.39 is 0 Å². The molecule has 0 atom stereocenters. The normalized spacial score (nSPS) is 12.0. The molecule has 2 aromatic carbocycles. The van der Waals surface area contributed by atoms with Crippen molar-refractivity contribution in [3.05, 3.63) is 42.5 Å². The van der Waals surface area contributed by atoms with Crippen molar-refractivity contribution in [1.29, 1.82) is 0 Å². The van der Waals surface area contributed by atoms with Gasteiger partial charge in [-0.3, -0.25) is 0 Å². The number of nitrogens with zero attached hydrogens (tertiary/aromatic N) is 1. The van der Waals surface area contributed by atoms with Crippen LogP contribution in [0, 0.1) is 0 Å². The van der Waals surface area contributed by atoms with Crippen LogP contribution in [0.5, 0.6) is 5.75 Å². The van der Waals surface area contributed by atoms with Crippen LogP contribution in [-0.4, -0.2) is 32.1 Å². The Morgan fingerprint density at radius 1 is 1.05 bits per heavy atom. The van der Waals surface area contributed by atoms with E-state index in [0.717, 1.165) is 18.0 Å². The van der Waals surface area contributed by atoms with Crippen LogP contribution in [0.1, 0.15) is 0 Å². The summed E-state index contributed by atoms with van der Waals surface area (Å²) in [7, 11) is 4.10. The molecule has 0 spiro atoms. The van der Waals surface area contributed by atoms with Gasteiger partial charge in [-0.15, -0.1) is 12.4 Å². The second-order valence-electron chi connectivity index (χ2n) is 5.03. The molecule has 0 saturated carbocycles. The van der Waals surface area contributed by atoms with E-state index in [2.05, 4.69) is 46.6 Å². The van der Waals surface area contributed by atoms with Gasteiger partial charge in [0, 0.05) is 16.3 Å². The molecule has 3 nitrogen and oxygen atoms in total. The van der Waals surface area contributed by atoms with Crippen molar-refractivity contribution in [2.75, 3.05) is 32.6 Å². The molecule has 0 saturated heterocycles. The molecule has 2 aromatic rings. The average molecular weight is 323 g/mol. The summed E-state index contributed by atoms with van der Waals surface area (Å²) in [6.45, 7) is 1.63. The lowest BCUT2D eigenvalue weighted by molar-refractivity contribution is 0.261. The van der Waals surface area contributed by atoms with E-state index in [1.807, 2.05) is 20.2 Å². The molecular weight excluding hydrogens is 304 g/mol. The lowest BCUT2D eigenvalue weighted by Crippen LogP contribution is -2.19. The highest BCUT2D eigenvalue weighted by Gasteiger charge is 2.15. The quantitative estimate of drug-likeness (QED) is 0.776. The Labute approximate surface area is 136 Å². The molecule has 112 valence electrons. The molecule has 21 heavy (non-hydrogen) atoms. The van der Waals surface area contributed by atoms with Crippen LogP contribution in [0.3, 0.4) is 0 Å². The van der Waals surface area contributed by atoms with Gasteiger partial charge in [-0.2, -0.15) is 0 Å². The van der Waals surface area contributed by atoms with Crippen molar-refractivity contribution < 1.29 is 4.74 Å². The zero-order valence-electron chi connectivity index (χ0n) is 12.1. The number of nitrogens with one attached hydrogen (secondary N) is 1. The number of ether oxygens (including phenoxy) is 1. The Bertz CT molecular complexity index is 619. The summed E-state index contributed by atoms with van der Waals surface area (Å²) in [6, 6.07) is 14.6. The number of benzene rings is 2. The van der Waals surface area contributed by atoms with Gasteiger partial charge in [0.05, 0.1) is 11.4 Å². The minimum Gasteiger partial charge on any atom is -0.492 e. The fraction of sp³-hybridized carbons (Fsp3) is 0.250. The smallest absolute Gasteiger partial charge is 0.120 e. The van der Waals surface area contributed by atoms with Gasteiger partial charge in [-0.05, 0) is 44.4 Å². The standard InChI is InChI=1S/C16H18N2OS.ClH/c1-18(2)9-10-19-12-7-8-14-16(11-12)20-15-6-4-3-5-13(15)17-14;/h3-8,11,17H,9-10H2,1-2H3;1H. The van der Waals surface area contributed by atoms with Gasteiger partial charge >= 0.3 is 0 Å². The van der Waals surface area contributed by atoms with Gasteiger partial charge in [-0.25, -0.2) is 0 Å². The Morgan fingerprint density at radius 2 is 1.81 bits per heavy atom. The third-order valence-electron chi connectivity index (χ3n) is 3.14. The number of fused-ring (bicyclic) bond motifs is 2. The van der Waals surface area contributed by atoms with E-state index in [1.165, 1.54) is 15.5 Å². The molecular formula is C16H19ClN2OS. The number of hydrogen-bond acceptors (Lipinski definition) is 4. The summed E-state index contributed by atoms with van der Waals surface area (Å²) in [5.74, 6) is 0.930. The van der Waals surface area contributed by atoms with Crippen LogP contribution in [-0.2, 0) is 0 Å². The van der Waals surface area contributed by atoms with E-state index >= 15 is 0 Å². The molecule has 0 aromatic heterocycles. The largest absolute Gasteiger partial charge is 0.492 e. The third kappa shape index (κ3) is 3.84. The van der Waals surface area contributed by atoms with Crippen LogP contribution in [0.15, 0.2) is 52.3 Å². The number of hydrogen-bond donors (Lipinski definition) is 1. The maximum atomic E-state index is 5.79. The maximum absolute atomic E-state index is 5.79. The Hall–Kier alpha value is -1.36. The molecule has 0 aliphatic carbocycles. The molecule has 1 aliphatic heterocycles. The van der Waals surface area contributed by atoms with Crippen LogP contribution >= 0.6 is 24.2 Å². The zero-order valence-corrected chi connectivity index (χ0v) is 13.8. The summed E-state index contributed by atoms with van der Waals surface area (Å²) >= 11 is 1.78. The Balaban J connectivity index is 0.00000161. The van der Waals surface area contributed by atoms with Gasteiger partial charge in [0.2, 0.25) is 0 Å². The summed E-state index contributed by atoms with van der Waals surface area (Å²) in [5, 5.41) is 3.46. The van der Waals surface area contributed by atoms with Crippen LogP contribution in [0.25, 0.3) is 0 Å². The summed E-state index contributed by atoms with van der Waals surface area (Å²) in [4.78, 5) is 4.59. The lowest BCUT2D eigenvalue weighted by atomic mass is 10.2. The number of rotatable bonds is 4. The first kappa shape index (κ1) is 16.0. The topological polar surface area (TPSA) is 24.5 Å². The Kier molecular flexibility index (Phi) is 5.39. The molecule has 3 rings (SSSR count). The fourth-order valence-electron chi connectivity index (χ4n) is 2.05. The minimum absolute atomic E-state index is 0. The van der Waals surface area contributed by atoms with Gasteiger partial charge in [-0.1, -0.05) is 23.9 Å². The van der Waals surface area contributed by atoms with Gasteiger partial charge < -0.3 is 15.0 Å². The lowest BCUT2D eigenvalue weighted by Gasteiger charge is -2.21. The van der Waals surface area contributed by atoms with Crippen molar-refractivity contribution >= 4 is 35.5 Å². The number of anilines is 2. The van der Waals surface area contributed by atoms with Crippen molar-refractivity contribution in [2.24, 2.45) is 0 Å². The summed E-state index contributed by atoms with van der Waals surface area (Å²) < 4.78 is 5.79. The van der Waals surface area contributed by atoms with Crippen LogP contribution in [0.4, 0.5) is 11.4 Å². The van der Waals surface area contributed by atoms with Crippen molar-refractivity contribution in [1.82, 2.24) is 4.90 Å². The summed E-state index contributed by atoms with van der Waals surface area (Å²) in [6.07, 6.45) is 0. The second kappa shape index (κ2) is 7.07. The number of para-hydroxylation sites is 1. The van der Waals surface area contributed by atoms with Gasteiger partial charge in [0.1, 0.15) is 12.4 Å². The average Bonchev–Trinajstić information content (AvgIpc) is 2.44. The maximum Gasteiger partial charge on any atom is 0.120 e. The highest BCUT2D eigenvalue weighted by molar-refractivity contribution is 7.99. The molecule has 0 radical (unpaired) electrons. The first-order valence-corrected chi connectivity index (χ1v) is 7.49. The van der Waals surface area contributed by atoms with E-state index in [4.69, 9.17) is 4.74 Å². The van der Waals surface area contributed by atoms with Gasteiger partial charge in [0.25, 0.3) is 0 Å². The number of halogens is 1. The molecule has 0 fully saturated rings. The number of likely N-dealkylation sites (N-methyl/N-ethyl adjacent to an activating group) is 1. The van der Waals surface area contributed by atoms with Crippen LogP contribution in [0.2, 0.25) is 0 Å². The van der Waals surface area contributed by atoms with Gasteiger partial charge in [0.15, 0.2) is 0 Å². The Morgan fingerprint density at radius 3 is 2.62 bits per heavy atom. The van der Waals surface area contributed by atoms with E-state index in [9.17, 15) is 0 Å².